The number of aryl methyl sites for hydroxylation is 1. The van der Waals surface area contributed by atoms with Gasteiger partial charge in [-0.3, -0.25) is 0 Å². The van der Waals surface area contributed by atoms with E-state index in [-0.39, 0.29) is 0 Å². The fourth-order valence-electron chi connectivity index (χ4n) is 2.53. The van der Waals surface area contributed by atoms with Crippen molar-refractivity contribution < 1.29 is 0 Å². The first-order valence-corrected chi connectivity index (χ1v) is 6.78. The van der Waals surface area contributed by atoms with Gasteiger partial charge in [-0.25, -0.2) is 4.98 Å². The van der Waals surface area contributed by atoms with Crippen molar-refractivity contribution in [2.24, 2.45) is 0 Å². The topological polar surface area (TPSA) is 44.0 Å². The molecule has 0 spiro atoms. The molecule has 0 saturated carbocycles. The summed E-state index contributed by atoms with van der Waals surface area (Å²) in [5.74, 6) is 1.12. The second-order valence-electron chi connectivity index (χ2n) is 4.90. The van der Waals surface area contributed by atoms with Gasteiger partial charge in [-0.05, 0) is 25.1 Å². The summed E-state index contributed by atoms with van der Waals surface area (Å²) < 4.78 is 0. The van der Waals surface area contributed by atoms with E-state index in [1.807, 2.05) is 12.1 Å². The van der Waals surface area contributed by atoms with Crippen LogP contribution in [0.3, 0.4) is 0 Å². The van der Waals surface area contributed by atoms with Crippen LogP contribution in [0.1, 0.15) is 12.2 Å². The molecule has 3 rings (SSSR count). The monoisotopic (exact) mass is 244 g/mol. The largest absolute Gasteiger partial charge is 0.342 e. The molecular formula is C14H20N4. The number of rotatable bonds is 4. The van der Waals surface area contributed by atoms with Crippen LogP contribution in [0.15, 0.2) is 24.3 Å². The van der Waals surface area contributed by atoms with Gasteiger partial charge in [0.2, 0.25) is 0 Å². The lowest BCUT2D eigenvalue weighted by molar-refractivity contribution is 0.238. The lowest BCUT2D eigenvalue weighted by atomic mass is 10.2. The zero-order valence-corrected chi connectivity index (χ0v) is 10.7. The number of hydrogen-bond acceptors (Lipinski definition) is 3. The van der Waals surface area contributed by atoms with E-state index < -0.39 is 0 Å². The van der Waals surface area contributed by atoms with Crippen molar-refractivity contribution in [1.82, 2.24) is 20.2 Å². The number of aromatic nitrogens is 2. The maximum atomic E-state index is 4.61. The van der Waals surface area contributed by atoms with E-state index in [2.05, 4.69) is 32.3 Å². The predicted molar refractivity (Wildman–Crippen MR) is 73.7 cm³/mol. The Morgan fingerprint density at radius 1 is 1.17 bits per heavy atom. The van der Waals surface area contributed by atoms with E-state index in [0.29, 0.717) is 0 Å². The first kappa shape index (κ1) is 11.7. The van der Waals surface area contributed by atoms with E-state index in [1.54, 1.807) is 0 Å². The summed E-state index contributed by atoms with van der Waals surface area (Å²) in [5.41, 5.74) is 2.23. The highest BCUT2D eigenvalue weighted by atomic mass is 15.2. The molecule has 4 nitrogen and oxygen atoms in total. The van der Waals surface area contributed by atoms with Crippen molar-refractivity contribution >= 4 is 11.0 Å². The Morgan fingerprint density at radius 3 is 2.83 bits per heavy atom. The Balaban J connectivity index is 1.53. The molecule has 0 unspecified atom stereocenters. The number of hydrogen-bond donors (Lipinski definition) is 2. The Labute approximate surface area is 107 Å². The molecule has 2 N–H and O–H groups in total. The first-order valence-electron chi connectivity index (χ1n) is 6.78. The number of para-hydroxylation sites is 2. The zero-order chi connectivity index (χ0) is 12.2. The normalized spacial score (nSPS) is 17.3. The summed E-state index contributed by atoms with van der Waals surface area (Å²) in [6.07, 6.45) is 2.22. The molecule has 1 aromatic heterocycles. The molecule has 1 aliphatic rings. The van der Waals surface area contributed by atoms with Crippen LogP contribution in [0, 0.1) is 0 Å². The highest BCUT2D eigenvalue weighted by molar-refractivity contribution is 5.74. The Kier molecular flexibility index (Phi) is 3.57. The molecule has 2 aromatic rings. The Hall–Kier alpha value is -1.39. The van der Waals surface area contributed by atoms with Gasteiger partial charge in [0, 0.05) is 32.6 Å². The second kappa shape index (κ2) is 5.50. The number of fused-ring (bicyclic) bond motifs is 1. The number of nitrogens with zero attached hydrogens (tertiary/aromatic N) is 2. The summed E-state index contributed by atoms with van der Waals surface area (Å²) in [5, 5.41) is 3.38. The fraction of sp³-hybridized carbons (Fsp3) is 0.500. The Bertz CT molecular complexity index is 466. The van der Waals surface area contributed by atoms with Crippen molar-refractivity contribution in [2.75, 3.05) is 32.7 Å². The van der Waals surface area contributed by atoms with Gasteiger partial charge in [0.05, 0.1) is 11.0 Å². The molecule has 1 aliphatic heterocycles. The first-order chi connectivity index (χ1) is 8.92. The number of piperazine rings is 1. The molecule has 1 saturated heterocycles. The number of nitrogens with one attached hydrogen (secondary N) is 2. The lowest BCUT2D eigenvalue weighted by Gasteiger charge is -2.26. The van der Waals surface area contributed by atoms with Crippen LogP contribution in [0.2, 0.25) is 0 Å². The third kappa shape index (κ3) is 2.71. The van der Waals surface area contributed by atoms with Crippen molar-refractivity contribution in [3.8, 4) is 0 Å². The van der Waals surface area contributed by atoms with Crippen LogP contribution in [0.5, 0.6) is 0 Å². The third-order valence-corrected chi connectivity index (χ3v) is 3.54. The van der Waals surface area contributed by atoms with Gasteiger partial charge in [-0.2, -0.15) is 0 Å². The minimum atomic E-state index is 1.04. The van der Waals surface area contributed by atoms with Gasteiger partial charge in [-0.15, -0.1) is 0 Å². The molecular weight excluding hydrogens is 224 g/mol. The van der Waals surface area contributed by atoms with Gasteiger partial charge in [0.1, 0.15) is 5.82 Å². The molecule has 0 radical (unpaired) electrons. The Morgan fingerprint density at radius 2 is 2.00 bits per heavy atom. The van der Waals surface area contributed by atoms with Crippen molar-refractivity contribution in [2.45, 2.75) is 12.8 Å². The lowest BCUT2D eigenvalue weighted by Crippen LogP contribution is -2.43. The van der Waals surface area contributed by atoms with Gasteiger partial charge in [0.25, 0.3) is 0 Å². The minimum absolute atomic E-state index is 1.04. The second-order valence-corrected chi connectivity index (χ2v) is 4.90. The molecule has 18 heavy (non-hydrogen) atoms. The maximum absolute atomic E-state index is 4.61. The van der Waals surface area contributed by atoms with E-state index >= 15 is 0 Å². The van der Waals surface area contributed by atoms with Crippen molar-refractivity contribution in [1.29, 1.82) is 0 Å². The molecule has 2 heterocycles. The predicted octanol–water partition coefficient (Wildman–Crippen LogP) is 1.40. The van der Waals surface area contributed by atoms with Crippen LogP contribution in [-0.4, -0.2) is 47.6 Å². The third-order valence-electron chi connectivity index (χ3n) is 3.54. The molecule has 1 fully saturated rings. The van der Waals surface area contributed by atoms with E-state index in [1.165, 1.54) is 26.1 Å². The number of H-pyrrole nitrogens is 1. The van der Waals surface area contributed by atoms with Crippen LogP contribution in [-0.2, 0) is 6.42 Å². The van der Waals surface area contributed by atoms with Crippen LogP contribution >= 0.6 is 0 Å². The van der Waals surface area contributed by atoms with E-state index in [4.69, 9.17) is 0 Å². The molecule has 0 atom stereocenters. The molecule has 4 heteroatoms. The summed E-state index contributed by atoms with van der Waals surface area (Å²) >= 11 is 0. The maximum Gasteiger partial charge on any atom is 0.107 e. The summed E-state index contributed by atoms with van der Waals surface area (Å²) in [6.45, 7) is 5.80. The van der Waals surface area contributed by atoms with Crippen molar-refractivity contribution in [3.05, 3.63) is 30.1 Å². The highest BCUT2D eigenvalue weighted by Crippen LogP contribution is 2.11. The molecule has 0 amide bonds. The number of imidazole rings is 1. The van der Waals surface area contributed by atoms with Gasteiger partial charge in [-0.1, -0.05) is 12.1 Å². The molecule has 0 aliphatic carbocycles. The molecule has 0 bridgehead atoms. The highest BCUT2D eigenvalue weighted by Gasteiger charge is 2.09. The van der Waals surface area contributed by atoms with Crippen LogP contribution in [0.25, 0.3) is 11.0 Å². The summed E-state index contributed by atoms with van der Waals surface area (Å²) in [6, 6.07) is 8.23. The quantitative estimate of drug-likeness (QED) is 0.854. The SMILES string of the molecule is c1ccc2[nH]c(CCCN3CCNCC3)nc2c1. The average molecular weight is 244 g/mol. The number of benzene rings is 1. The van der Waals surface area contributed by atoms with Crippen molar-refractivity contribution in [3.63, 3.8) is 0 Å². The average Bonchev–Trinajstić information content (AvgIpc) is 2.82. The van der Waals surface area contributed by atoms with Crippen LogP contribution < -0.4 is 5.32 Å². The minimum Gasteiger partial charge on any atom is -0.342 e. The van der Waals surface area contributed by atoms with Crippen LogP contribution in [0.4, 0.5) is 0 Å². The fourth-order valence-corrected chi connectivity index (χ4v) is 2.53. The smallest absolute Gasteiger partial charge is 0.107 e. The van der Waals surface area contributed by atoms with E-state index in [0.717, 1.165) is 36.4 Å². The zero-order valence-electron chi connectivity index (χ0n) is 10.7. The van der Waals surface area contributed by atoms with E-state index in [9.17, 15) is 0 Å². The summed E-state index contributed by atoms with van der Waals surface area (Å²) in [4.78, 5) is 10.5. The number of aromatic amines is 1. The molecule has 96 valence electrons. The summed E-state index contributed by atoms with van der Waals surface area (Å²) in [7, 11) is 0. The molecule has 1 aromatic carbocycles. The van der Waals surface area contributed by atoms with Gasteiger partial charge in [0.15, 0.2) is 0 Å². The standard InChI is InChI=1S/C14H20N4/c1-2-5-13-12(4-1)16-14(17-13)6-3-9-18-10-7-15-8-11-18/h1-2,4-5,15H,3,6-11H2,(H,16,17). The van der Waals surface area contributed by atoms with Gasteiger partial charge < -0.3 is 15.2 Å². The van der Waals surface area contributed by atoms with Gasteiger partial charge >= 0.3 is 0 Å².